The molecular weight excluding hydrogens is 528 g/mol. The number of hydrogen-bond donors (Lipinski definition) is 2. The molecule has 2 N–H and O–H groups in total. The molecule has 0 unspecified atom stereocenters. The number of halogens is 2. The molecule has 0 aliphatic rings. The highest BCUT2D eigenvalue weighted by Crippen LogP contribution is 2.32. The van der Waals surface area contributed by atoms with Gasteiger partial charge in [0.25, 0.3) is 11.8 Å². The van der Waals surface area contributed by atoms with Crippen molar-refractivity contribution in [2.45, 2.75) is 13.5 Å². The molecule has 0 heterocycles. The second-order valence-electron chi connectivity index (χ2n) is 6.62. The van der Waals surface area contributed by atoms with Gasteiger partial charge < -0.3 is 9.47 Å². The molecule has 0 bridgehead atoms. The molecule has 160 valence electrons. The van der Waals surface area contributed by atoms with Crippen molar-refractivity contribution in [3.8, 4) is 11.5 Å². The van der Waals surface area contributed by atoms with Crippen LogP contribution in [0.1, 0.15) is 21.5 Å². The predicted molar refractivity (Wildman–Crippen MR) is 125 cm³/mol. The van der Waals surface area contributed by atoms with Crippen molar-refractivity contribution in [3.05, 3.63) is 92.4 Å². The van der Waals surface area contributed by atoms with Gasteiger partial charge in [-0.25, -0.2) is 0 Å². The van der Waals surface area contributed by atoms with Gasteiger partial charge in [-0.2, -0.15) is 0 Å². The zero-order valence-electron chi connectivity index (χ0n) is 16.7. The highest BCUT2D eigenvalue weighted by atomic mass is 79.9. The Kier molecular flexibility index (Phi) is 8.08. The first kappa shape index (κ1) is 22.8. The Morgan fingerprint density at radius 2 is 1.61 bits per heavy atom. The first-order valence-electron chi connectivity index (χ1n) is 9.37. The van der Waals surface area contributed by atoms with E-state index in [1.165, 1.54) is 0 Å². The molecule has 0 spiro atoms. The Hall–Kier alpha value is -2.84. The fourth-order valence-corrected chi connectivity index (χ4v) is 4.24. The number of hydrazine groups is 1. The van der Waals surface area contributed by atoms with Crippen LogP contribution in [0.25, 0.3) is 0 Å². The maximum atomic E-state index is 12.2. The van der Waals surface area contributed by atoms with Gasteiger partial charge in [-0.1, -0.05) is 46.3 Å². The first-order chi connectivity index (χ1) is 14.9. The highest BCUT2D eigenvalue weighted by molar-refractivity contribution is 9.11. The van der Waals surface area contributed by atoms with Gasteiger partial charge in [-0.15, -0.1) is 0 Å². The van der Waals surface area contributed by atoms with E-state index in [0.717, 1.165) is 20.1 Å². The minimum atomic E-state index is -0.481. The Balaban J connectivity index is 1.45. The molecule has 0 radical (unpaired) electrons. The topological polar surface area (TPSA) is 76.7 Å². The van der Waals surface area contributed by atoms with Gasteiger partial charge in [0.2, 0.25) is 0 Å². The number of hydrogen-bond acceptors (Lipinski definition) is 4. The normalized spacial score (nSPS) is 10.3. The van der Waals surface area contributed by atoms with Crippen molar-refractivity contribution in [1.29, 1.82) is 0 Å². The molecule has 0 aliphatic heterocycles. The van der Waals surface area contributed by atoms with Crippen molar-refractivity contribution in [1.82, 2.24) is 10.9 Å². The molecule has 3 aromatic rings. The summed E-state index contributed by atoms with van der Waals surface area (Å²) in [5.41, 5.74) is 7.03. The standard InChI is InChI=1S/C23H20Br2N2O4/c1-15-11-18(24)12-20(25)22(15)31-14-21(28)26-27-23(29)17-7-9-19(10-8-17)30-13-16-5-3-2-4-6-16/h2-12H,13-14H2,1H3,(H,26,28)(H,27,29). The van der Waals surface area contributed by atoms with E-state index in [-0.39, 0.29) is 6.61 Å². The molecule has 0 atom stereocenters. The van der Waals surface area contributed by atoms with Crippen LogP contribution in [0.2, 0.25) is 0 Å². The van der Waals surface area contributed by atoms with Crippen LogP contribution in [0.3, 0.4) is 0 Å². The maximum Gasteiger partial charge on any atom is 0.276 e. The van der Waals surface area contributed by atoms with Crippen molar-refractivity contribution < 1.29 is 19.1 Å². The number of nitrogens with one attached hydrogen (secondary N) is 2. The second-order valence-corrected chi connectivity index (χ2v) is 8.39. The maximum absolute atomic E-state index is 12.2. The summed E-state index contributed by atoms with van der Waals surface area (Å²) in [6.45, 7) is 2.07. The van der Waals surface area contributed by atoms with E-state index in [4.69, 9.17) is 9.47 Å². The number of rotatable bonds is 7. The Morgan fingerprint density at radius 1 is 0.903 bits per heavy atom. The summed E-state index contributed by atoms with van der Waals surface area (Å²) in [7, 11) is 0. The number of benzene rings is 3. The average Bonchev–Trinajstić information content (AvgIpc) is 2.76. The van der Waals surface area contributed by atoms with E-state index in [1.54, 1.807) is 24.3 Å². The third-order valence-electron chi connectivity index (χ3n) is 4.22. The lowest BCUT2D eigenvalue weighted by molar-refractivity contribution is -0.123. The zero-order chi connectivity index (χ0) is 22.2. The van der Waals surface area contributed by atoms with Gasteiger partial charge in [-0.05, 0) is 70.4 Å². The number of carbonyl (C=O) groups excluding carboxylic acids is 2. The summed E-state index contributed by atoms with van der Waals surface area (Å²) >= 11 is 6.80. The fraction of sp³-hybridized carbons (Fsp3) is 0.130. The smallest absolute Gasteiger partial charge is 0.276 e. The second kappa shape index (κ2) is 11.0. The molecule has 3 rings (SSSR count). The van der Waals surface area contributed by atoms with Crippen molar-refractivity contribution in [2.24, 2.45) is 0 Å². The number of amides is 2. The van der Waals surface area contributed by atoms with Gasteiger partial charge in [0.15, 0.2) is 6.61 Å². The third-order valence-corrected chi connectivity index (χ3v) is 5.27. The van der Waals surface area contributed by atoms with E-state index < -0.39 is 11.8 Å². The summed E-state index contributed by atoms with van der Waals surface area (Å²) in [4.78, 5) is 24.3. The van der Waals surface area contributed by atoms with Crippen molar-refractivity contribution in [3.63, 3.8) is 0 Å². The van der Waals surface area contributed by atoms with Crippen LogP contribution < -0.4 is 20.3 Å². The molecule has 0 aromatic heterocycles. The zero-order valence-corrected chi connectivity index (χ0v) is 19.8. The minimum Gasteiger partial charge on any atom is -0.489 e. The van der Waals surface area contributed by atoms with Gasteiger partial charge in [0.1, 0.15) is 18.1 Å². The van der Waals surface area contributed by atoms with Gasteiger partial charge in [0.05, 0.1) is 4.47 Å². The lowest BCUT2D eigenvalue weighted by Crippen LogP contribution is -2.43. The summed E-state index contributed by atoms with van der Waals surface area (Å²) < 4.78 is 12.9. The average molecular weight is 548 g/mol. The van der Waals surface area contributed by atoms with E-state index >= 15 is 0 Å². The molecule has 0 saturated carbocycles. The van der Waals surface area contributed by atoms with Crippen LogP contribution in [-0.2, 0) is 11.4 Å². The first-order valence-corrected chi connectivity index (χ1v) is 11.0. The van der Waals surface area contributed by atoms with E-state index in [0.29, 0.717) is 23.7 Å². The molecular formula is C23H20Br2N2O4. The van der Waals surface area contributed by atoms with Crippen LogP contribution in [0, 0.1) is 6.92 Å². The Bertz CT molecular complexity index is 1030. The highest BCUT2D eigenvalue weighted by Gasteiger charge is 2.11. The van der Waals surface area contributed by atoms with Crippen LogP contribution in [0.5, 0.6) is 11.5 Å². The molecule has 8 heteroatoms. The molecule has 0 saturated heterocycles. The lowest BCUT2D eigenvalue weighted by atomic mass is 10.2. The largest absolute Gasteiger partial charge is 0.489 e. The molecule has 2 amide bonds. The summed E-state index contributed by atoms with van der Waals surface area (Å²) in [5, 5.41) is 0. The Morgan fingerprint density at radius 3 is 2.29 bits per heavy atom. The van der Waals surface area contributed by atoms with E-state index in [2.05, 4.69) is 42.7 Å². The van der Waals surface area contributed by atoms with Gasteiger partial charge >= 0.3 is 0 Å². The van der Waals surface area contributed by atoms with Crippen molar-refractivity contribution in [2.75, 3.05) is 6.61 Å². The monoisotopic (exact) mass is 546 g/mol. The predicted octanol–water partition coefficient (Wildman–Crippen LogP) is 4.94. The molecule has 0 aliphatic carbocycles. The fourth-order valence-electron chi connectivity index (χ4n) is 2.69. The van der Waals surface area contributed by atoms with Crippen LogP contribution in [0.15, 0.2) is 75.7 Å². The van der Waals surface area contributed by atoms with Gasteiger partial charge in [0, 0.05) is 10.0 Å². The molecule has 31 heavy (non-hydrogen) atoms. The third kappa shape index (κ3) is 6.83. The molecule has 3 aromatic carbocycles. The SMILES string of the molecule is Cc1cc(Br)cc(Br)c1OCC(=O)NNC(=O)c1ccc(OCc2ccccc2)cc1. The summed E-state index contributed by atoms with van der Waals surface area (Å²) in [6, 6.07) is 20.2. The summed E-state index contributed by atoms with van der Waals surface area (Å²) in [6.07, 6.45) is 0. The summed E-state index contributed by atoms with van der Waals surface area (Å²) in [5.74, 6) is 0.290. The van der Waals surface area contributed by atoms with Gasteiger partial charge in [-0.3, -0.25) is 20.4 Å². The minimum absolute atomic E-state index is 0.242. The molecule has 6 nitrogen and oxygen atoms in total. The van der Waals surface area contributed by atoms with Crippen LogP contribution in [0.4, 0.5) is 0 Å². The number of carbonyl (C=O) groups is 2. The Labute approximate surface area is 197 Å². The number of aryl methyl sites for hydroxylation is 1. The molecule has 0 fully saturated rings. The number of ether oxygens (including phenoxy) is 2. The van der Waals surface area contributed by atoms with Crippen molar-refractivity contribution >= 4 is 43.7 Å². The van der Waals surface area contributed by atoms with Crippen LogP contribution in [-0.4, -0.2) is 18.4 Å². The van der Waals surface area contributed by atoms with E-state index in [1.807, 2.05) is 49.4 Å². The van der Waals surface area contributed by atoms with Crippen LogP contribution >= 0.6 is 31.9 Å². The lowest BCUT2D eigenvalue weighted by Gasteiger charge is -2.12. The van der Waals surface area contributed by atoms with E-state index in [9.17, 15) is 9.59 Å². The quantitative estimate of drug-likeness (QED) is 0.411.